The molecule has 4 nitrogen and oxygen atoms in total. The second-order valence-corrected chi connectivity index (χ2v) is 4.93. The van der Waals surface area contributed by atoms with E-state index >= 15 is 0 Å². The Labute approximate surface area is 115 Å². The second kappa shape index (κ2) is 5.47. The predicted octanol–water partition coefficient (Wildman–Crippen LogP) is 1.84. The van der Waals surface area contributed by atoms with Crippen LogP contribution in [0.25, 0.3) is 0 Å². The van der Waals surface area contributed by atoms with Gasteiger partial charge in [0.25, 0.3) is 0 Å². The Kier molecular flexibility index (Phi) is 3.91. The molecule has 0 aromatic heterocycles. The Morgan fingerprint density at radius 3 is 2.45 bits per heavy atom. The van der Waals surface area contributed by atoms with Gasteiger partial charge in [-0.05, 0) is 25.0 Å². The average molecular weight is 280 g/mol. The number of terminal acetylenes is 1. The van der Waals surface area contributed by atoms with Gasteiger partial charge in [-0.2, -0.15) is 0 Å². The number of carbonyl (C=O) groups is 1. The lowest BCUT2D eigenvalue weighted by Gasteiger charge is -2.14. The molecule has 1 aliphatic carbocycles. The molecule has 0 bridgehead atoms. The van der Waals surface area contributed by atoms with Crippen LogP contribution in [0.2, 0.25) is 0 Å². The third kappa shape index (κ3) is 3.06. The Hall–Kier alpha value is -2.13. The van der Waals surface area contributed by atoms with Crippen LogP contribution in [-0.2, 0) is 0 Å². The van der Waals surface area contributed by atoms with Crippen molar-refractivity contribution in [2.24, 2.45) is 5.41 Å². The third-order valence-corrected chi connectivity index (χ3v) is 3.36. The van der Waals surface area contributed by atoms with Gasteiger partial charge in [-0.1, -0.05) is 5.92 Å². The van der Waals surface area contributed by atoms with Gasteiger partial charge in [0.15, 0.2) is 11.6 Å². The van der Waals surface area contributed by atoms with Gasteiger partial charge in [0.1, 0.15) is 5.69 Å². The number of rotatable bonds is 4. The van der Waals surface area contributed by atoms with E-state index in [1.165, 1.54) is 0 Å². The normalized spacial score (nSPS) is 15.3. The molecule has 1 aromatic carbocycles. The maximum absolute atomic E-state index is 13.6. The van der Waals surface area contributed by atoms with Crippen LogP contribution in [0.15, 0.2) is 12.1 Å². The minimum atomic E-state index is -0.934. The SMILES string of the molecule is C#Cc1cc(F)c(NC(=O)NCC2(CO)CC2)c(F)c1. The van der Waals surface area contributed by atoms with Crippen molar-refractivity contribution in [3.8, 4) is 12.3 Å². The first kappa shape index (κ1) is 14.3. The van der Waals surface area contributed by atoms with Crippen molar-refractivity contribution in [1.82, 2.24) is 5.32 Å². The lowest BCUT2D eigenvalue weighted by molar-refractivity contribution is 0.206. The molecule has 0 spiro atoms. The van der Waals surface area contributed by atoms with Crippen LogP contribution in [0.3, 0.4) is 0 Å². The summed E-state index contributed by atoms with van der Waals surface area (Å²) in [6, 6.07) is 1.21. The first-order valence-corrected chi connectivity index (χ1v) is 6.11. The summed E-state index contributed by atoms with van der Waals surface area (Å²) in [6.45, 7) is 0.244. The molecule has 1 fully saturated rings. The van der Waals surface area contributed by atoms with E-state index < -0.39 is 23.4 Å². The van der Waals surface area contributed by atoms with Crippen LogP contribution in [0, 0.1) is 29.4 Å². The molecule has 3 N–H and O–H groups in total. The van der Waals surface area contributed by atoms with Crippen LogP contribution in [-0.4, -0.2) is 24.3 Å². The number of halogens is 2. The maximum atomic E-state index is 13.6. The van der Waals surface area contributed by atoms with Gasteiger partial charge in [-0.15, -0.1) is 6.42 Å². The average Bonchev–Trinajstić information content (AvgIpc) is 3.21. The molecule has 1 aliphatic rings. The number of aliphatic hydroxyl groups excluding tert-OH is 1. The van der Waals surface area contributed by atoms with Crippen molar-refractivity contribution < 1.29 is 18.7 Å². The van der Waals surface area contributed by atoms with Gasteiger partial charge in [-0.25, -0.2) is 13.6 Å². The van der Waals surface area contributed by atoms with E-state index in [9.17, 15) is 13.6 Å². The number of hydrogen-bond acceptors (Lipinski definition) is 2. The smallest absolute Gasteiger partial charge is 0.319 e. The highest BCUT2D eigenvalue weighted by atomic mass is 19.1. The second-order valence-electron chi connectivity index (χ2n) is 4.93. The van der Waals surface area contributed by atoms with Crippen molar-refractivity contribution in [1.29, 1.82) is 0 Å². The highest BCUT2D eigenvalue weighted by Crippen LogP contribution is 2.44. The Bertz CT molecular complexity index is 554. The molecule has 0 saturated heterocycles. The van der Waals surface area contributed by atoms with Gasteiger partial charge < -0.3 is 15.7 Å². The molecule has 0 unspecified atom stereocenters. The lowest BCUT2D eigenvalue weighted by atomic mass is 10.1. The number of nitrogens with one attached hydrogen (secondary N) is 2. The fraction of sp³-hybridized carbons (Fsp3) is 0.357. The summed E-state index contributed by atoms with van der Waals surface area (Å²) in [7, 11) is 0. The zero-order valence-electron chi connectivity index (χ0n) is 10.7. The topological polar surface area (TPSA) is 61.4 Å². The minimum absolute atomic E-state index is 0.0210. The number of aliphatic hydroxyl groups is 1. The van der Waals surface area contributed by atoms with Crippen molar-refractivity contribution in [3.05, 3.63) is 29.3 Å². The van der Waals surface area contributed by atoms with Gasteiger partial charge in [0.05, 0.1) is 6.61 Å². The number of hydrogen-bond donors (Lipinski definition) is 3. The fourth-order valence-corrected chi connectivity index (χ4v) is 1.77. The van der Waals surface area contributed by atoms with E-state index in [2.05, 4.69) is 16.6 Å². The molecule has 6 heteroatoms. The maximum Gasteiger partial charge on any atom is 0.319 e. The third-order valence-electron chi connectivity index (χ3n) is 3.36. The first-order valence-electron chi connectivity index (χ1n) is 6.11. The summed E-state index contributed by atoms with van der Waals surface area (Å²) < 4.78 is 27.2. The van der Waals surface area contributed by atoms with Crippen molar-refractivity contribution in [3.63, 3.8) is 0 Å². The highest BCUT2D eigenvalue weighted by molar-refractivity contribution is 5.89. The number of amides is 2. The van der Waals surface area contributed by atoms with E-state index in [0.29, 0.717) is 0 Å². The Morgan fingerprint density at radius 1 is 1.40 bits per heavy atom. The first-order chi connectivity index (χ1) is 9.49. The lowest BCUT2D eigenvalue weighted by Crippen LogP contribution is -2.35. The van der Waals surface area contributed by atoms with Crippen molar-refractivity contribution >= 4 is 11.7 Å². The molecule has 2 amide bonds. The molecule has 20 heavy (non-hydrogen) atoms. The standard InChI is InChI=1S/C14H14F2N2O2/c1-2-9-5-10(15)12(11(16)6-9)18-13(20)17-7-14(8-19)3-4-14/h1,5-6,19H,3-4,7-8H2,(H2,17,18,20). The number of anilines is 1. The van der Waals surface area contributed by atoms with E-state index in [0.717, 1.165) is 25.0 Å². The van der Waals surface area contributed by atoms with Gasteiger partial charge in [0.2, 0.25) is 0 Å². The molecule has 2 rings (SSSR count). The number of urea groups is 1. The van der Waals surface area contributed by atoms with Crippen molar-refractivity contribution in [2.45, 2.75) is 12.8 Å². The summed E-state index contributed by atoms with van der Waals surface area (Å²) in [5, 5.41) is 13.7. The molecule has 106 valence electrons. The van der Waals surface area contributed by atoms with Crippen LogP contribution < -0.4 is 10.6 Å². The van der Waals surface area contributed by atoms with Crippen LogP contribution in [0.1, 0.15) is 18.4 Å². The van der Waals surface area contributed by atoms with E-state index in [1.54, 1.807) is 0 Å². The van der Waals surface area contributed by atoms with Crippen LogP contribution in [0.4, 0.5) is 19.3 Å². The molecule has 0 radical (unpaired) electrons. The van der Waals surface area contributed by atoms with Gasteiger partial charge >= 0.3 is 6.03 Å². The summed E-state index contributed by atoms with van der Waals surface area (Å²) in [6.07, 6.45) is 6.70. The van der Waals surface area contributed by atoms with E-state index in [1.807, 2.05) is 0 Å². The zero-order valence-corrected chi connectivity index (χ0v) is 10.7. The molecular formula is C14H14F2N2O2. The van der Waals surface area contributed by atoms with E-state index in [-0.39, 0.29) is 24.1 Å². The van der Waals surface area contributed by atoms with Gasteiger partial charge in [-0.3, -0.25) is 0 Å². The molecule has 0 aliphatic heterocycles. The zero-order chi connectivity index (χ0) is 14.8. The summed E-state index contributed by atoms with van der Waals surface area (Å²) in [4.78, 5) is 11.6. The largest absolute Gasteiger partial charge is 0.396 e. The molecule has 1 aromatic rings. The monoisotopic (exact) mass is 280 g/mol. The highest BCUT2D eigenvalue weighted by Gasteiger charge is 2.42. The van der Waals surface area contributed by atoms with Crippen molar-refractivity contribution in [2.75, 3.05) is 18.5 Å². The van der Waals surface area contributed by atoms with E-state index in [4.69, 9.17) is 11.5 Å². The minimum Gasteiger partial charge on any atom is -0.396 e. The predicted molar refractivity (Wildman–Crippen MR) is 70.1 cm³/mol. The number of carbonyl (C=O) groups excluding carboxylic acids is 1. The quantitative estimate of drug-likeness (QED) is 0.737. The molecule has 0 heterocycles. The molecule has 1 saturated carbocycles. The number of benzene rings is 1. The fourth-order valence-electron chi connectivity index (χ4n) is 1.77. The molecule has 0 atom stereocenters. The molecular weight excluding hydrogens is 266 g/mol. The summed E-state index contributed by atoms with van der Waals surface area (Å²) in [5.74, 6) is 0.246. The Morgan fingerprint density at radius 2 is 2.00 bits per heavy atom. The Balaban J connectivity index is 1.99. The summed E-state index contributed by atoms with van der Waals surface area (Å²) in [5.41, 5.74) is -0.764. The van der Waals surface area contributed by atoms with Crippen LogP contribution >= 0.6 is 0 Å². The van der Waals surface area contributed by atoms with Gasteiger partial charge in [0, 0.05) is 17.5 Å². The summed E-state index contributed by atoms with van der Waals surface area (Å²) >= 11 is 0. The van der Waals surface area contributed by atoms with Crippen LogP contribution in [0.5, 0.6) is 0 Å².